The molecular weight excluding hydrogens is 578 g/mol. The molecule has 236 valence electrons. The highest BCUT2D eigenvalue weighted by Gasteiger charge is 2.50. The quantitative estimate of drug-likeness (QED) is 0.180. The van der Waals surface area contributed by atoms with E-state index in [1.54, 1.807) is 13.8 Å². The maximum absolute atomic E-state index is 13.8. The van der Waals surface area contributed by atoms with E-state index in [2.05, 4.69) is 0 Å². The van der Waals surface area contributed by atoms with Gasteiger partial charge < -0.3 is 45.1 Å². The summed E-state index contributed by atoms with van der Waals surface area (Å²) in [6, 6.07) is 3.61. The van der Waals surface area contributed by atoms with Gasteiger partial charge in [0.25, 0.3) is 0 Å². The molecule has 3 aliphatic rings. The number of Topliss-reactive ketones (excluding diaryl/α,β-unsaturated/α-hetero) is 1. The smallest absolute Gasteiger partial charge is 0.306 e. The van der Waals surface area contributed by atoms with Gasteiger partial charge in [0.1, 0.15) is 22.8 Å². The third-order valence-electron chi connectivity index (χ3n) is 8.48. The van der Waals surface area contributed by atoms with Crippen LogP contribution in [0.4, 0.5) is 0 Å². The van der Waals surface area contributed by atoms with Crippen molar-refractivity contribution >= 4 is 23.3 Å². The van der Waals surface area contributed by atoms with E-state index in [0.717, 1.165) is 0 Å². The van der Waals surface area contributed by atoms with Crippen molar-refractivity contribution in [3.63, 3.8) is 0 Å². The number of phenolic OH excluding ortho intramolecular Hbond substituents is 2. The predicted octanol–water partition coefficient (Wildman–Crippen LogP) is 1.35. The first-order valence-electron chi connectivity index (χ1n) is 14.4. The number of nitrogens with two attached hydrogens (primary N) is 1. The summed E-state index contributed by atoms with van der Waals surface area (Å²) in [5, 5.41) is 45.0. The van der Waals surface area contributed by atoms with Crippen LogP contribution in [0, 0.1) is 0 Å². The van der Waals surface area contributed by atoms with Crippen LogP contribution in [0.2, 0.25) is 0 Å². The molecule has 1 aliphatic heterocycles. The monoisotopic (exact) mass is 613 g/mol. The summed E-state index contributed by atoms with van der Waals surface area (Å²) < 4.78 is 22.2. The van der Waals surface area contributed by atoms with Gasteiger partial charge in [0.15, 0.2) is 18.7 Å². The molecule has 0 spiro atoms. The van der Waals surface area contributed by atoms with Crippen molar-refractivity contribution in [1.29, 1.82) is 0 Å². The van der Waals surface area contributed by atoms with Crippen LogP contribution in [0.3, 0.4) is 0 Å². The van der Waals surface area contributed by atoms with Gasteiger partial charge in [0.05, 0.1) is 42.1 Å². The second-order valence-electron chi connectivity index (χ2n) is 11.4. The Morgan fingerprint density at radius 3 is 2.48 bits per heavy atom. The molecule has 2 aromatic rings. The van der Waals surface area contributed by atoms with Gasteiger partial charge in [-0.3, -0.25) is 19.2 Å². The molecule has 5 rings (SSSR count). The van der Waals surface area contributed by atoms with Gasteiger partial charge in [-0.25, -0.2) is 0 Å². The van der Waals surface area contributed by atoms with Crippen molar-refractivity contribution in [2.75, 3.05) is 13.7 Å². The number of esters is 1. The van der Waals surface area contributed by atoms with Crippen LogP contribution in [0.15, 0.2) is 18.2 Å². The molecule has 44 heavy (non-hydrogen) atoms. The number of aromatic hydroxyl groups is 2. The molecule has 1 heterocycles. The zero-order chi connectivity index (χ0) is 32.1. The Balaban J connectivity index is 1.62. The van der Waals surface area contributed by atoms with Crippen LogP contribution in [0.25, 0.3) is 0 Å². The van der Waals surface area contributed by atoms with Crippen molar-refractivity contribution < 1.29 is 58.6 Å². The van der Waals surface area contributed by atoms with Crippen LogP contribution >= 0.6 is 0 Å². The van der Waals surface area contributed by atoms with Crippen molar-refractivity contribution in [2.45, 2.75) is 82.2 Å². The lowest BCUT2D eigenvalue weighted by Crippen LogP contribution is -2.53. The maximum atomic E-state index is 13.8. The summed E-state index contributed by atoms with van der Waals surface area (Å²) >= 11 is 0. The molecule has 2 aliphatic carbocycles. The molecule has 13 heteroatoms. The normalized spacial score (nSPS) is 27.6. The van der Waals surface area contributed by atoms with Gasteiger partial charge in [0, 0.05) is 48.4 Å². The Kier molecular flexibility index (Phi) is 8.53. The highest BCUT2D eigenvalue weighted by Crippen LogP contribution is 2.52. The van der Waals surface area contributed by atoms with Crippen LogP contribution < -0.4 is 10.5 Å². The summed E-state index contributed by atoms with van der Waals surface area (Å²) in [5.74, 6) is -4.41. The first kappa shape index (κ1) is 31.5. The van der Waals surface area contributed by atoms with E-state index in [1.807, 2.05) is 0 Å². The zero-order valence-electron chi connectivity index (χ0n) is 24.5. The van der Waals surface area contributed by atoms with E-state index < -0.39 is 102 Å². The highest BCUT2D eigenvalue weighted by molar-refractivity contribution is 6.31. The fourth-order valence-corrected chi connectivity index (χ4v) is 6.16. The number of aliphatic hydroxyl groups is 2. The van der Waals surface area contributed by atoms with Crippen LogP contribution in [-0.4, -0.2) is 87.6 Å². The summed E-state index contributed by atoms with van der Waals surface area (Å²) in [6.07, 6.45) is -4.75. The highest BCUT2D eigenvalue weighted by atomic mass is 16.7. The third kappa shape index (κ3) is 5.24. The molecule has 6 atom stereocenters. The van der Waals surface area contributed by atoms with Crippen molar-refractivity contribution in [3.05, 3.63) is 51.6 Å². The number of ketones is 3. The minimum Gasteiger partial charge on any atom is -0.507 e. The number of methoxy groups -OCH3 is 1. The number of aliphatic hydroxyl groups excluding tert-OH is 1. The molecule has 1 fully saturated rings. The second-order valence-corrected chi connectivity index (χ2v) is 11.4. The number of carbonyl (C=O) groups excluding carboxylic acids is 4. The average molecular weight is 614 g/mol. The van der Waals surface area contributed by atoms with Crippen molar-refractivity contribution in [2.24, 2.45) is 5.73 Å². The summed E-state index contributed by atoms with van der Waals surface area (Å²) in [5.41, 5.74) is 2.31. The molecule has 2 aromatic carbocycles. The number of fused-ring (bicyclic) bond motifs is 3. The first-order chi connectivity index (χ1) is 20.8. The molecule has 0 saturated carbocycles. The number of carbonyl (C=O) groups is 4. The molecule has 13 nitrogen and oxygen atoms in total. The minimum atomic E-state index is -2.28. The summed E-state index contributed by atoms with van der Waals surface area (Å²) in [7, 11) is 1.32. The van der Waals surface area contributed by atoms with Crippen LogP contribution in [0.1, 0.15) is 88.6 Å². The number of ether oxygens (including phenoxy) is 4. The molecule has 0 radical (unpaired) electrons. The largest absolute Gasteiger partial charge is 0.507 e. The fourth-order valence-electron chi connectivity index (χ4n) is 6.16. The third-order valence-corrected chi connectivity index (χ3v) is 8.48. The number of phenols is 2. The Morgan fingerprint density at radius 2 is 1.82 bits per heavy atom. The molecule has 6 N–H and O–H groups in total. The average Bonchev–Trinajstić information content (AvgIpc) is 2.98. The number of benzene rings is 2. The van der Waals surface area contributed by atoms with E-state index in [1.165, 1.54) is 25.3 Å². The standard InChI is InChI=1S/C31H35NO12/c1-4-6-20(34)42-12-19(33)31(40)10-15-23(18(11-31)44-21-9-16(32)26(35)13(2)43-21)30(39)25-24(28(15)37)27(36)14-7-5-8-17(41-3)22(14)29(25)38/h5,7-8,13,16,18,21,26,35,37,39-40H,4,6,9-12,32H2,1-3H3/t13-,16-,18-,21+,26-,31-/m0/s1. The molecule has 0 amide bonds. The SMILES string of the molecule is CCCC(=O)OCC(=O)[C@]1(O)Cc2c(O)c3c(c(O)c2[C@@H](O[C@@H]2C[C@H](N)[C@@H](O)[C@H](C)O2)C1)C(=O)c1c(OC)cccc1C3=O. The lowest BCUT2D eigenvalue weighted by molar-refractivity contribution is -0.247. The van der Waals surface area contributed by atoms with E-state index in [-0.39, 0.29) is 40.8 Å². The van der Waals surface area contributed by atoms with Crippen molar-refractivity contribution in [3.8, 4) is 17.2 Å². The van der Waals surface area contributed by atoms with Gasteiger partial charge in [-0.05, 0) is 19.4 Å². The topological polar surface area (TPSA) is 212 Å². The van der Waals surface area contributed by atoms with Crippen molar-refractivity contribution in [1.82, 2.24) is 0 Å². The van der Waals surface area contributed by atoms with Gasteiger partial charge in [-0.15, -0.1) is 0 Å². The summed E-state index contributed by atoms with van der Waals surface area (Å²) in [6.45, 7) is 2.56. The number of hydrogen-bond donors (Lipinski definition) is 5. The Labute approximate surface area is 252 Å². The lowest BCUT2D eigenvalue weighted by Gasteiger charge is -2.42. The van der Waals surface area contributed by atoms with Gasteiger partial charge in [-0.2, -0.15) is 0 Å². The Morgan fingerprint density at radius 1 is 1.11 bits per heavy atom. The van der Waals surface area contributed by atoms with E-state index in [9.17, 15) is 39.6 Å². The molecule has 0 bridgehead atoms. The zero-order valence-corrected chi connectivity index (χ0v) is 24.5. The lowest BCUT2D eigenvalue weighted by atomic mass is 9.72. The minimum absolute atomic E-state index is 0.00196. The fraction of sp³-hybridized carbons (Fsp3) is 0.484. The summed E-state index contributed by atoms with van der Waals surface area (Å²) in [4.78, 5) is 52.7. The van der Waals surface area contributed by atoms with Gasteiger partial charge >= 0.3 is 5.97 Å². The molecular formula is C31H35NO12. The van der Waals surface area contributed by atoms with E-state index in [0.29, 0.717) is 6.42 Å². The van der Waals surface area contributed by atoms with Crippen LogP contribution in [-0.2, 0) is 30.2 Å². The molecule has 0 unspecified atom stereocenters. The molecule has 1 saturated heterocycles. The Hall–Kier alpha value is -3.88. The molecule has 0 aromatic heterocycles. The van der Waals surface area contributed by atoms with Crippen LogP contribution in [0.5, 0.6) is 17.2 Å². The maximum Gasteiger partial charge on any atom is 0.306 e. The van der Waals surface area contributed by atoms with Gasteiger partial charge in [0.2, 0.25) is 11.6 Å². The number of hydrogen-bond acceptors (Lipinski definition) is 13. The predicted molar refractivity (Wildman–Crippen MR) is 151 cm³/mol. The Bertz CT molecular complexity index is 1520. The van der Waals surface area contributed by atoms with E-state index >= 15 is 0 Å². The first-order valence-corrected chi connectivity index (χ1v) is 14.4. The number of rotatable bonds is 8. The van der Waals surface area contributed by atoms with E-state index in [4.69, 9.17) is 24.7 Å². The van der Waals surface area contributed by atoms with Gasteiger partial charge in [-0.1, -0.05) is 19.1 Å². The second kappa shape index (κ2) is 11.9.